The van der Waals surface area contributed by atoms with Crippen molar-refractivity contribution >= 4 is 41.6 Å². The molecule has 1 amide bonds. The lowest BCUT2D eigenvalue weighted by atomic mass is 9.92. The second-order valence-corrected chi connectivity index (χ2v) is 6.32. The van der Waals surface area contributed by atoms with E-state index in [2.05, 4.69) is 34.7 Å². The molecule has 2 aromatic carbocycles. The lowest BCUT2D eigenvalue weighted by molar-refractivity contribution is 0.100. The summed E-state index contributed by atoms with van der Waals surface area (Å²) in [5.41, 5.74) is 8.88. The second kappa shape index (κ2) is 8.54. The lowest BCUT2D eigenvalue weighted by Crippen LogP contribution is -2.28. The number of nitrogens with zero attached hydrogens (tertiary/aromatic N) is 2. The number of nitrogens with two attached hydrogens (primary N) is 1. The molecule has 1 aliphatic heterocycles. The summed E-state index contributed by atoms with van der Waals surface area (Å²) in [5.74, 6) is 0.136. The first-order chi connectivity index (χ1) is 11.7. The highest BCUT2D eigenvalue weighted by molar-refractivity contribution is 6.04. The molecule has 0 radical (unpaired) electrons. The summed E-state index contributed by atoms with van der Waals surface area (Å²) in [7, 11) is 0. The molecule has 1 aliphatic rings. The minimum absolute atomic E-state index is 0. The SMILES string of the molecule is Cl.Cl.NC(=O)c1cccc2cn(-c3ccc([C@@H]4CCCNC4)cc3)nc12. The first kappa shape index (κ1) is 20.2. The van der Waals surface area contributed by atoms with E-state index in [-0.39, 0.29) is 24.8 Å². The van der Waals surface area contributed by atoms with Crippen molar-refractivity contribution in [3.63, 3.8) is 0 Å². The van der Waals surface area contributed by atoms with Crippen molar-refractivity contribution in [2.45, 2.75) is 18.8 Å². The van der Waals surface area contributed by atoms with Crippen molar-refractivity contribution in [2.24, 2.45) is 5.73 Å². The van der Waals surface area contributed by atoms with Gasteiger partial charge in [0.2, 0.25) is 0 Å². The molecule has 0 bridgehead atoms. The number of fused-ring (bicyclic) bond motifs is 1. The number of nitrogens with one attached hydrogen (secondary N) is 1. The van der Waals surface area contributed by atoms with Gasteiger partial charge in [-0.25, -0.2) is 4.68 Å². The number of carbonyl (C=O) groups excluding carboxylic acids is 1. The molecule has 2 heterocycles. The number of amides is 1. The Labute approximate surface area is 164 Å². The van der Waals surface area contributed by atoms with E-state index < -0.39 is 5.91 Å². The molecular formula is C19H22Cl2N4O. The molecule has 4 rings (SSSR count). The van der Waals surface area contributed by atoms with Gasteiger partial charge in [0.15, 0.2) is 0 Å². The van der Waals surface area contributed by atoms with Crippen LogP contribution in [0, 0.1) is 0 Å². The third-order valence-electron chi connectivity index (χ3n) is 4.73. The molecule has 1 saturated heterocycles. The summed E-state index contributed by atoms with van der Waals surface area (Å²) in [6.45, 7) is 2.17. The smallest absolute Gasteiger partial charge is 0.250 e. The van der Waals surface area contributed by atoms with Gasteiger partial charge in [-0.2, -0.15) is 5.10 Å². The zero-order valence-corrected chi connectivity index (χ0v) is 15.9. The first-order valence-corrected chi connectivity index (χ1v) is 8.31. The number of piperidine rings is 1. The van der Waals surface area contributed by atoms with E-state index in [1.54, 1.807) is 10.7 Å². The van der Waals surface area contributed by atoms with E-state index >= 15 is 0 Å². The summed E-state index contributed by atoms with van der Waals surface area (Å²) in [5, 5.41) is 8.91. The molecule has 3 aromatic rings. The van der Waals surface area contributed by atoms with Gasteiger partial charge in [-0.15, -0.1) is 24.8 Å². The average molecular weight is 393 g/mol. The summed E-state index contributed by atoms with van der Waals surface area (Å²) in [4.78, 5) is 11.5. The van der Waals surface area contributed by atoms with Crippen LogP contribution in [0.4, 0.5) is 0 Å². The standard InChI is InChI=1S/C19H20N4O.2ClH/c20-19(24)17-5-1-3-15-12-23(22-18(15)17)16-8-6-13(7-9-16)14-4-2-10-21-11-14;;/h1,3,5-9,12,14,21H,2,4,10-11H2,(H2,20,24);2*1H/t14-;;/m1../s1. The van der Waals surface area contributed by atoms with Crippen LogP contribution in [-0.4, -0.2) is 28.8 Å². The Morgan fingerprint density at radius 1 is 1.15 bits per heavy atom. The van der Waals surface area contributed by atoms with Crippen molar-refractivity contribution < 1.29 is 4.79 Å². The fraction of sp³-hybridized carbons (Fsp3) is 0.263. The van der Waals surface area contributed by atoms with Gasteiger partial charge in [-0.3, -0.25) is 4.79 Å². The van der Waals surface area contributed by atoms with E-state index in [9.17, 15) is 4.79 Å². The zero-order valence-electron chi connectivity index (χ0n) is 14.2. The third-order valence-corrected chi connectivity index (χ3v) is 4.73. The number of aromatic nitrogens is 2. The van der Waals surface area contributed by atoms with Gasteiger partial charge in [-0.05, 0) is 49.1 Å². The molecule has 0 spiro atoms. The minimum Gasteiger partial charge on any atom is -0.366 e. The van der Waals surface area contributed by atoms with Crippen molar-refractivity contribution in [1.29, 1.82) is 0 Å². The maximum atomic E-state index is 11.5. The fourth-order valence-corrected chi connectivity index (χ4v) is 3.41. The van der Waals surface area contributed by atoms with Crippen molar-refractivity contribution in [3.05, 3.63) is 59.8 Å². The zero-order chi connectivity index (χ0) is 16.5. The molecule has 1 atom stereocenters. The van der Waals surface area contributed by atoms with Crippen LogP contribution in [0.1, 0.15) is 34.7 Å². The Kier molecular flexibility index (Phi) is 6.64. The van der Waals surface area contributed by atoms with E-state index in [1.165, 1.54) is 18.4 Å². The Morgan fingerprint density at radius 2 is 1.92 bits per heavy atom. The van der Waals surface area contributed by atoms with Crippen LogP contribution in [0.15, 0.2) is 48.7 Å². The summed E-state index contributed by atoms with van der Waals surface area (Å²) in [6.07, 6.45) is 4.39. The number of hydrogen-bond donors (Lipinski definition) is 2. The van der Waals surface area contributed by atoms with Gasteiger partial charge in [0.05, 0.1) is 11.3 Å². The van der Waals surface area contributed by atoms with Gasteiger partial charge in [0.1, 0.15) is 5.52 Å². The Morgan fingerprint density at radius 3 is 2.58 bits per heavy atom. The van der Waals surface area contributed by atoms with Crippen LogP contribution in [0.5, 0.6) is 0 Å². The summed E-state index contributed by atoms with van der Waals surface area (Å²) < 4.78 is 1.81. The van der Waals surface area contributed by atoms with E-state index in [0.717, 1.165) is 24.2 Å². The van der Waals surface area contributed by atoms with Gasteiger partial charge in [0, 0.05) is 18.1 Å². The molecular weight excluding hydrogens is 371 g/mol. The largest absolute Gasteiger partial charge is 0.366 e. The number of halogens is 2. The molecule has 0 aliphatic carbocycles. The van der Waals surface area contributed by atoms with E-state index in [0.29, 0.717) is 17.0 Å². The number of carbonyl (C=O) groups is 1. The normalized spacial score (nSPS) is 16.5. The van der Waals surface area contributed by atoms with Gasteiger partial charge >= 0.3 is 0 Å². The van der Waals surface area contributed by atoms with Gasteiger partial charge in [-0.1, -0.05) is 24.3 Å². The molecule has 138 valence electrons. The molecule has 1 aromatic heterocycles. The summed E-state index contributed by atoms with van der Waals surface area (Å²) >= 11 is 0. The third kappa shape index (κ3) is 3.85. The van der Waals surface area contributed by atoms with Gasteiger partial charge < -0.3 is 11.1 Å². The fourth-order valence-electron chi connectivity index (χ4n) is 3.41. The van der Waals surface area contributed by atoms with Gasteiger partial charge in [0.25, 0.3) is 5.91 Å². The monoisotopic (exact) mass is 392 g/mol. The van der Waals surface area contributed by atoms with E-state index in [4.69, 9.17) is 5.73 Å². The van der Waals surface area contributed by atoms with Crippen LogP contribution in [0.2, 0.25) is 0 Å². The second-order valence-electron chi connectivity index (χ2n) is 6.32. The molecule has 7 heteroatoms. The van der Waals surface area contributed by atoms with Crippen LogP contribution >= 0.6 is 24.8 Å². The number of rotatable bonds is 3. The maximum absolute atomic E-state index is 11.5. The first-order valence-electron chi connectivity index (χ1n) is 8.31. The van der Waals surface area contributed by atoms with Crippen molar-refractivity contribution in [1.82, 2.24) is 15.1 Å². The van der Waals surface area contributed by atoms with Crippen LogP contribution in [-0.2, 0) is 0 Å². The predicted molar refractivity (Wildman–Crippen MR) is 109 cm³/mol. The average Bonchev–Trinajstić information content (AvgIpc) is 3.06. The number of hydrogen-bond acceptors (Lipinski definition) is 3. The molecule has 26 heavy (non-hydrogen) atoms. The number of primary amides is 1. The quantitative estimate of drug-likeness (QED) is 0.716. The molecule has 0 saturated carbocycles. The topological polar surface area (TPSA) is 72.9 Å². The van der Waals surface area contributed by atoms with Crippen LogP contribution in [0.3, 0.4) is 0 Å². The summed E-state index contributed by atoms with van der Waals surface area (Å²) in [6, 6.07) is 14.0. The Balaban J connectivity index is 0.00000121. The maximum Gasteiger partial charge on any atom is 0.250 e. The highest BCUT2D eigenvalue weighted by Gasteiger charge is 2.15. The Hall–Kier alpha value is -2.08. The van der Waals surface area contributed by atoms with Crippen molar-refractivity contribution in [3.8, 4) is 5.69 Å². The number of benzene rings is 2. The molecule has 5 nitrogen and oxygen atoms in total. The minimum atomic E-state index is -0.453. The molecule has 3 N–H and O–H groups in total. The Bertz CT molecular complexity index is 886. The van der Waals surface area contributed by atoms with E-state index in [1.807, 2.05) is 18.3 Å². The van der Waals surface area contributed by atoms with Crippen LogP contribution in [0.25, 0.3) is 16.6 Å². The molecule has 1 fully saturated rings. The highest BCUT2D eigenvalue weighted by atomic mass is 35.5. The highest BCUT2D eigenvalue weighted by Crippen LogP contribution is 2.25. The van der Waals surface area contributed by atoms with Crippen molar-refractivity contribution in [2.75, 3.05) is 13.1 Å². The lowest BCUT2D eigenvalue weighted by Gasteiger charge is -2.23. The molecule has 0 unspecified atom stereocenters. The predicted octanol–water partition coefficient (Wildman–Crippen LogP) is 3.44. The van der Waals surface area contributed by atoms with Crippen LogP contribution < -0.4 is 11.1 Å².